The monoisotopic (exact) mass is 373 g/mol. The number of guanidine groups is 1. The Balaban J connectivity index is 1.49. The third kappa shape index (κ3) is 4.79. The van der Waals surface area contributed by atoms with E-state index in [4.69, 9.17) is 16.7 Å². The molecule has 3 rings (SSSR count). The van der Waals surface area contributed by atoms with Crippen molar-refractivity contribution in [1.82, 2.24) is 20.4 Å². The number of hydrogen-bond acceptors (Lipinski definition) is 2. The first-order chi connectivity index (χ1) is 12.5. The van der Waals surface area contributed by atoms with E-state index < -0.39 is 0 Å². The lowest BCUT2D eigenvalue weighted by Gasteiger charge is -2.24. The molecule has 0 spiro atoms. The number of fused-ring (bicyclic) bond motifs is 1. The van der Waals surface area contributed by atoms with Gasteiger partial charge in [-0.25, -0.2) is 0 Å². The van der Waals surface area contributed by atoms with Crippen LogP contribution in [0.25, 0.3) is 0 Å². The second kappa shape index (κ2) is 8.58. The van der Waals surface area contributed by atoms with Crippen LogP contribution >= 0.6 is 11.6 Å². The quantitative estimate of drug-likeness (QED) is 0.624. The average molecular weight is 374 g/mol. The smallest absolute Gasteiger partial charge is 0.191 e. The van der Waals surface area contributed by atoms with Crippen LogP contribution in [-0.4, -0.2) is 35.4 Å². The minimum absolute atomic E-state index is 0.375. The van der Waals surface area contributed by atoms with E-state index in [1.54, 1.807) is 0 Å². The molecule has 0 radical (unpaired) electrons. The highest BCUT2D eigenvalue weighted by Crippen LogP contribution is 2.21. The lowest BCUT2D eigenvalue weighted by molar-refractivity contribution is 0.499. The van der Waals surface area contributed by atoms with E-state index in [2.05, 4.69) is 52.5 Å². The molecule has 2 N–H and O–H groups in total. The maximum absolute atomic E-state index is 5.93. The van der Waals surface area contributed by atoms with Crippen LogP contribution in [0.15, 0.2) is 35.5 Å². The molecule has 0 amide bonds. The molecule has 1 aliphatic rings. The molecule has 26 heavy (non-hydrogen) atoms. The van der Waals surface area contributed by atoms with Crippen molar-refractivity contribution in [3.63, 3.8) is 0 Å². The van der Waals surface area contributed by atoms with Crippen molar-refractivity contribution in [3.05, 3.63) is 52.3 Å². The zero-order valence-corrected chi connectivity index (χ0v) is 16.6. The van der Waals surface area contributed by atoms with Crippen molar-refractivity contribution in [2.75, 3.05) is 13.6 Å². The second-order valence-corrected chi connectivity index (χ2v) is 7.57. The fourth-order valence-electron chi connectivity index (χ4n) is 3.26. The van der Waals surface area contributed by atoms with Gasteiger partial charge in [0, 0.05) is 43.3 Å². The van der Waals surface area contributed by atoms with Gasteiger partial charge in [-0.3, -0.25) is 9.67 Å². The van der Waals surface area contributed by atoms with Crippen molar-refractivity contribution in [1.29, 1.82) is 0 Å². The van der Waals surface area contributed by atoms with Crippen molar-refractivity contribution in [2.24, 2.45) is 4.99 Å². The lowest BCUT2D eigenvalue weighted by Crippen LogP contribution is -2.46. The molecule has 1 aromatic carbocycles. The largest absolute Gasteiger partial charge is 0.356 e. The van der Waals surface area contributed by atoms with Crippen LogP contribution < -0.4 is 10.6 Å². The first-order valence-electron chi connectivity index (χ1n) is 9.33. The zero-order chi connectivity index (χ0) is 18.5. The Hall–Kier alpha value is -2.01. The Kier molecular flexibility index (Phi) is 6.20. The third-order valence-electron chi connectivity index (χ3n) is 4.81. The van der Waals surface area contributed by atoms with Crippen molar-refractivity contribution < 1.29 is 0 Å². The molecule has 1 heterocycles. The van der Waals surface area contributed by atoms with Gasteiger partial charge >= 0.3 is 0 Å². The number of nitrogens with one attached hydrogen (secondary N) is 2. The van der Waals surface area contributed by atoms with E-state index >= 15 is 0 Å². The summed E-state index contributed by atoms with van der Waals surface area (Å²) < 4.78 is 2.08. The van der Waals surface area contributed by atoms with Gasteiger partial charge in [0.2, 0.25) is 0 Å². The Bertz CT molecular complexity index is 748. The predicted molar refractivity (Wildman–Crippen MR) is 108 cm³/mol. The van der Waals surface area contributed by atoms with E-state index in [0.717, 1.165) is 43.2 Å². The fraction of sp³-hybridized carbons (Fsp3) is 0.500. The normalized spacial score (nSPS) is 17.3. The molecule has 1 atom stereocenters. The first kappa shape index (κ1) is 18.8. The average Bonchev–Trinajstić information content (AvgIpc) is 3.06. The van der Waals surface area contributed by atoms with Gasteiger partial charge in [0.05, 0.1) is 5.69 Å². The van der Waals surface area contributed by atoms with E-state index in [9.17, 15) is 0 Å². The minimum atomic E-state index is 0.375. The summed E-state index contributed by atoms with van der Waals surface area (Å²) in [6, 6.07) is 8.77. The third-order valence-corrected chi connectivity index (χ3v) is 5.06. The highest BCUT2D eigenvalue weighted by molar-refractivity contribution is 6.30. The number of benzene rings is 1. The number of rotatable bonds is 5. The van der Waals surface area contributed by atoms with Gasteiger partial charge in [-0.15, -0.1) is 0 Å². The van der Waals surface area contributed by atoms with E-state index in [0.29, 0.717) is 12.1 Å². The summed E-state index contributed by atoms with van der Waals surface area (Å²) in [5, 5.41) is 12.5. The summed E-state index contributed by atoms with van der Waals surface area (Å²) in [5.74, 6) is 0.857. The highest BCUT2D eigenvalue weighted by Gasteiger charge is 2.22. The Morgan fingerprint density at radius 3 is 2.81 bits per heavy atom. The Morgan fingerprint density at radius 1 is 1.35 bits per heavy atom. The van der Waals surface area contributed by atoms with Crippen molar-refractivity contribution in [3.8, 4) is 0 Å². The molecule has 2 aromatic rings. The summed E-state index contributed by atoms with van der Waals surface area (Å²) in [6.45, 7) is 5.17. The van der Waals surface area contributed by atoms with Crippen LogP contribution in [0.2, 0.25) is 5.02 Å². The van der Waals surface area contributed by atoms with Crippen LogP contribution in [0.3, 0.4) is 0 Å². The molecule has 1 unspecified atom stereocenters. The van der Waals surface area contributed by atoms with Gasteiger partial charge in [-0.05, 0) is 56.4 Å². The first-order valence-corrected chi connectivity index (χ1v) is 9.71. The summed E-state index contributed by atoms with van der Waals surface area (Å²) in [5.41, 5.74) is 3.88. The maximum atomic E-state index is 5.93. The van der Waals surface area contributed by atoms with Crippen LogP contribution in [0.5, 0.6) is 0 Å². The molecule has 1 aliphatic carbocycles. The molecule has 0 aliphatic heterocycles. The van der Waals surface area contributed by atoms with Crippen LogP contribution in [0, 0.1) is 0 Å². The van der Waals surface area contributed by atoms with E-state index in [-0.39, 0.29) is 0 Å². The van der Waals surface area contributed by atoms with Gasteiger partial charge in [0.1, 0.15) is 0 Å². The molecule has 0 bridgehead atoms. The fourth-order valence-corrected chi connectivity index (χ4v) is 3.39. The summed E-state index contributed by atoms with van der Waals surface area (Å²) in [7, 11) is 1.82. The Morgan fingerprint density at radius 2 is 2.12 bits per heavy atom. The minimum Gasteiger partial charge on any atom is -0.356 e. The van der Waals surface area contributed by atoms with Crippen LogP contribution in [-0.2, 0) is 19.3 Å². The number of nitrogens with zero attached hydrogens (tertiary/aromatic N) is 3. The van der Waals surface area contributed by atoms with Crippen molar-refractivity contribution >= 4 is 17.6 Å². The SMILES string of the molecule is CN=C(NCCc1ccc(Cl)cc1)NC1CCc2cn(C(C)C)nc2C1. The molecular weight excluding hydrogens is 346 g/mol. The number of hydrogen-bond donors (Lipinski definition) is 2. The summed E-state index contributed by atoms with van der Waals surface area (Å²) >= 11 is 5.93. The number of aromatic nitrogens is 2. The topological polar surface area (TPSA) is 54.2 Å². The maximum Gasteiger partial charge on any atom is 0.191 e. The lowest BCUT2D eigenvalue weighted by atomic mass is 9.94. The molecule has 140 valence electrons. The molecule has 5 nitrogen and oxygen atoms in total. The second-order valence-electron chi connectivity index (χ2n) is 7.13. The predicted octanol–water partition coefficient (Wildman–Crippen LogP) is 3.38. The number of halogens is 1. The van der Waals surface area contributed by atoms with Crippen LogP contribution in [0.1, 0.15) is 43.1 Å². The molecule has 0 saturated heterocycles. The van der Waals surface area contributed by atoms with E-state index in [1.807, 2.05) is 19.2 Å². The van der Waals surface area contributed by atoms with Gasteiger partial charge in [-0.1, -0.05) is 23.7 Å². The van der Waals surface area contributed by atoms with Gasteiger partial charge < -0.3 is 10.6 Å². The van der Waals surface area contributed by atoms with Crippen molar-refractivity contribution in [2.45, 2.75) is 51.6 Å². The van der Waals surface area contributed by atoms with Crippen LogP contribution in [0.4, 0.5) is 0 Å². The number of aryl methyl sites for hydroxylation is 1. The molecule has 0 saturated carbocycles. The molecule has 1 aromatic heterocycles. The summed E-state index contributed by atoms with van der Waals surface area (Å²) in [6.07, 6.45) is 6.27. The standard InChI is InChI=1S/C20H28ClN5/c1-14(2)26-13-16-6-9-18(12-19(16)25-26)24-20(22-3)23-11-10-15-4-7-17(21)8-5-15/h4-5,7-8,13-14,18H,6,9-12H2,1-3H3,(H2,22,23,24). The molecular formula is C20H28ClN5. The summed E-state index contributed by atoms with van der Waals surface area (Å²) in [4.78, 5) is 4.36. The zero-order valence-electron chi connectivity index (χ0n) is 15.8. The van der Waals surface area contributed by atoms with E-state index in [1.165, 1.54) is 16.8 Å². The molecule has 0 fully saturated rings. The molecule has 6 heteroatoms. The van der Waals surface area contributed by atoms with Gasteiger partial charge in [0.15, 0.2) is 5.96 Å². The highest BCUT2D eigenvalue weighted by atomic mass is 35.5. The van der Waals surface area contributed by atoms with Gasteiger partial charge in [0.25, 0.3) is 0 Å². The van der Waals surface area contributed by atoms with Gasteiger partial charge in [-0.2, -0.15) is 5.10 Å². The number of aliphatic imine (C=N–C) groups is 1. The Labute approximate surface area is 160 Å².